The third kappa shape index (κ3) is 1.85. The van der Waals surface area contributed by atoms with Gasteiger partial charge in [-0.3, -0.25) is 0 Å². The Balaban J connectivity index is 2.21. The van der Waals surface area contributed by atoms with Crippen molar-refractivity contribution in [1.82, 2.24) is 0 Å². The number of aliphatic hydroxyl groups is 1. The third-order valence-electron chi connectivity index (χ3n) is 4.32. The van der Waals surface area contributed by atoms with E-state index >= 15 is 0 Å². The molecule has 0 amide bonds. The summed E-state index contributed by atoms with van der Waals surface area (Å²) in [7, 11) is 0. The van der Waals surface area contributed by atoms with Crippen molar-refractivity contribution in [3.63, 3.8) is 0 Å². The molecule has 1 saturated carbocycles. The highest BCUT2D eigenvalue weighted by Gasteiger charge is 2.53. The molecule has 0 spiro atoms. The lowest BCUT2D eigenvalue weighted by atomic mass is 9.61. The highest BCUT2D eigenvalue weighted by Crippen LogP contribution is 2.48. The highest BCUT2D eigenvalue weighted by atomic mass is 16.5. The Hall–Kier alpha value is -0.590. The van der Waals surface area contributed by atoms with E-state index in [1.54, 1.807) is 0 Å². The third-order valence-corrected chi connectivity index (χ3v) is 4.32. The Bertz CT molecular complexity index is 291. The van der Waals surface area contributed by atoms with E-state index in [4.69, 9.17) is 4.74 Å². The standard InChI is InChI=1S/C13H21NO2/c1-11-4-2-6-13(15,8-11)12(9-14)5-3-7-16-10-12/h11,15H,2-8,10H2,1H3. The highest BCUT2D eigenvalue weighted by molar-refractivity contribution is 5.13. The molecule has 1 aliphatic heterocycles. The van der Waals surface area contributed by atoms with Crippen LogP contribution in [0.1, 0.15) is 45.4 Å². The van der Waals surface area contributed by atoms with Crippen LogP contribution in [0.25, 0.3) is 0 Å². The minimum atomic E-state index is -0.820. The maximum absolute atomic E-state index is 10.8. The predicted octanol–water partition coefficient (Wildman–Crippen LogP) is 2.25. The van der Waals surface area contributed by atoms with Gasteiger partial charge >= 0.3 is 0 Å². The number of nitriles is 1. The number of nitrogens with zero attached hydrogens (tertiary/aromatic N) is 1. The molecule has 3 nitrogen and oxygen atoms in total. The van der Waals surface area contributed by atoms with Gasteiger partial charge in [0.1, 0.15) is 5.41 Å². The van der Waals surface area contributed by atoms with Gasteiger partial charge < -0.3 is 9.84 Å². The van der Waals surface area contributed by atoms with Gasteiger partial charge in [-0.15, -0.1) is 0 Å². The van der Waals surface area contributed by atoms with Crippen molar-refractivity contribution in [3.05, 3.63) is 0 Å². The van der Waals surface area contributed by atoms with E-state index in [-0.39, 0.29) is 0 Å². The second-order valence-corrected chi connectivity index (χ2v) is 5.58. The molecular formula is C13H21NO2. The van der Waals surface area contributed by atoms with Crippen LogP contribution in [-0.2, 0) is 4.74 Å². The lowest BCUT2D eigenvalue weighted by molar-refractivity contribution is -0.142. The first-order chi connectivity index (χ1) is 7.62. The van der Waals surface area contributed by atoms with Crippen molar-refractivity contribution in [1.29, 1.82) is 5.26 Å². The molecule has 0 aromatic carbocycles. The van der Waals surface area contributed by atoms with Gasteiger partial charge in [-0.25, -0.2) is 0 Å². The molecule has 1 saturated heterocycles. The fourth-order valence-corrected chi connectivity index (χ4v) is 3.31. The lowest BCUT2D eigenvalue weighted by Gasteiger charge is -2.48. The molecule has 1 heterocycles. The summed E-state index contributed by atoms with van der Waals surface area (Å²) >= 11 is 0. The number of ether oxygens (including phenoxy) is 1. The quantitative estimate of drug-likeness (QED) is 0.741. The van der Waals surface area contributed by atoms with Crippen molar-refractivity contribution < 1.29 is 9.84 Å². The molecule has 0 aromatic rings. The fraction of sp³-hybridized carbons (Fsp3) is 0.923. The average Bonchev–Trinajstić information content (AvgIpc) is 2.29. The smallest absolute Gasteiger partial charge is 0.109 e. The van der Waals surface area contributed by atoms with Crippen LogP contribution >= 0.6 is 0 Å². The van der Waals surface area contributed by atoms with Crippen molar-refractivity contribution >= 4 is 0 Å². The van der Waals surface area contributed by atoms with E-state index in [1.165, 1.54) is 6.42 Å². The SMILES string of the molecule is CC1CCCC(O)(C2(C#N)CCCOC2)C1. The molecule has 3 unspecified atom stereocenters. The Morgan fingerprint density at radius 1 is 1.38 bits per heavy atom. The summed E-state index contributed by atoms with van der Waals surface area (Å²) in [4.78, 5) is 0. The molecule has 1 N–H and O–H groups in total. The number of hydrogen-bond donors (Lipinski definition) is 1. The Morgan fingerprint density at radius 2 is 2.19 bits per heavy atom. The second kappa shape index (κ2) is 4.35. The lowest BCUT2D eigenvalue weighted by Crippen LogP contribution is -2.54. The number of hydrogen-bond acceptors (Lipinski definition) is 3. The molecule has 0 radical (unpaired) electrons. The molecule has 90 valence electrons. The van der Waals surface area contributed by atoms with Crippen LogP contribution in [0.15, 0.2) is 0 Å². The van der Waals surface area contributed by atoms with Gasteiger partial charge in [-0.2, -0.15) is 5.26 Å². The second-order valence-electron chi connectivity index (χ2n) is 5.58. The predicted molar refractivity (Wildman–Crippen MR) is 60.7 cm³/mol. The zero-order chi connectivity index (χ0) is 11.6. The molecule has 3 heteroatoms. The van der Waals surface area contributed by atoms with Crippen LogP contribution in [0.3, 0.4) is 0 Å². The normalized spacial score (nSPS) is 44.9. The van der Waals surface area contributed by atoms with Crippen molar-refractivity contribution in [2.24, 2.45) is 11.3 Å². The Morgan fingerprint density at radius 3 is 2.75 bits per heavy atom. The molecule has 2 rings (SSSR count). The van der Waals surface area contributed by atoms with Gasteiger partial charge in [0, 0.05) is 6.61 Å². The summed E-state index contributed by atoms with van der Waals surface area (Å²) in [6, 6.07) is 2.37. The van der Waals surface area contributed by atoms with E-state index in [0.29, 0.717) is 12.5 Å². The van der Waals surface area contributed by atoms with E-state index in [9.17, 15) is 10.4 Å². The fourth-order valence-electron chi connectivity index (χ4n) is 3.31. The summed E-state index contributed by atoms with van der Waals surface area (Å²) in [5, 5.41) is 20.3. The molecule has 2 fully saturated rings. The van der Waals surface area contributed by atoms with E-state index in [2.05, 4.69) is 13.0 Å². The zero-order valence-corrected chi connectivity index (χ0v) is 10.0. The summed E-state index contributed by atoms with van der Waals surface area (Å²) in [6.07, 6.45) is 5.39. The van der Waals surface area contributed by atoms with Crippen LogP contribution in [0, 0.1) is 22.7 Å². The minimum absolute atomic E-state index is 0.409. The van der Waals surface area contributed by atoms with E-state index < -0.39 is 11.0 Å². The van der Waals surface area contributed by atoms with Crippen LogP contribution in [0.4, 0.5) is 0 Å². The van der Waals surface area contributed by atoms with Gasteiger partial charge in [0.15, 0.2) is 0 Å². The molecule has 0 aromatic heterocycles. The largest absolute Gasteiger partial charge is 0.388 e. The summed E-state index contributed by atoms with van der Waals surface area (Å²) in [6.45, 7) is 3.31. The minimum Gasteiger partial charge on any atom is -0.388 e. The van der Waals surface area contributed by atoms with Crippen LogP contribution in [0.5, 0.6) is 0 Å². The first kappa shape index (κ1) is 11.9. The van der Waals surface area contributed by atoms with Crippen molar-refractivity contribution in [2.45, 2.75) is 51.0 Å². The molecular weight excluding hydrogens is 202 g/mol. The first-order valence-corrected chi connectivity index (χ1v) is 6.33. The van der Waals surface area contributed by atoms with Gasteiger partial charge in [-0.05, 0) is 31.6 Å². The molecule has 16 heavy (non-hydrogen) atoms. The van der Waals surface area contributed by atoms with E-state index in [0.717, 1.165) is 38.7 Å². The van der Waals surface area contributed by atoms with Crippen molar-refractivity contribution in [3.8, 4) is 6.07 Å². The summed E-state index contributed by atoms with van der Waals surface area (Å²) in [5.41, 5.74) is -1.47. The molecule has 3 atom stereocenters. The van der Waals surface area contributed by atoms with Gasteiger partial charge in [0.2, 0.25) is 0 Å². The molecule has 2 aliphatic rings. The average molecular weight is 223 g/mol. The monoisotopic (exact) mass is 223 g/mol. The first-order valence-electron chi connectivity index (χ1n) is 6.33. The maximum Gasteiger partial charge on any atom is 0.109 e. The summed E-state index contributed by atoms with van der Waals surface area (Å²) < 4.78 is 5.45. The molecule has 0 bridgehead atoms. The molecule has 1 aliphatic carbocycles. The zero-order valence-electron chi connectivity index (χ0n) is 10.0. The summed E-state index contributed by atoms with van der Waals surface area (Å²) in [5.74, 6) is 0.519. The Kier molecular flexibility index (Phi) is 3.23. The van der Waals surface area contributed by atoms with E-state index in [1.807, 2.05) is 0 Å². The van der Waals surface area contributed by atoms with Crippen LogP contribution < -0.4 is 0 Å². The maximum atomic E-state index is 10.8. The van der Waals surface area contributed by atoms with Crippen molar-refractivity contribution in [2.75, 3.05) is 13.2 Å². The van der Waals surface area contributed by atoms with Crippen LogP contribution in [-0.4, -0.2) is 23.9 Å². The van der Waals surface area contributed by atoms with Gasteiger partial charge in [0.25, 0.3) is 0 Å². The van der Waals surface area contributed by atoms with Crippen LogP contribution in [0.2, 0.25) is 0 Å². The Labute approximate surface area is 97.4 Å². The number of rotatable bonds is 1. The van der Waals surface area contributed by atoms with Gasteiger partial charge in [-0.1, -0.05) is 19.8 Å². The topological polar surface area (TPSA) is 53.2 Å². The van der Waals surface area contributed by atoms with Gasteiger partial charge in [0.05, 0.1) is 18.3 Å².